The summed E-state index contributed by atoms with van der Waals surface area (Å²) in [6.07, 6.45) is 1.57. The number of nitrogens with one attached hydrogen (secondary N) is 1. The highest BCUT2D eigenvalue weighted by atomic mass is 16.5. The van der Waals surface area contributed by atoms with Crippen LogP contribution in [-0.2, 0) is 9.59 Å². The Morgan fingerprint density at radius 3 is 2.55 bits per heavy atom. The molecule has 0 bridgehead atoms. The Hall–Kier alpha value is -4.01. The van der Waals surface area contributed by atoms with Crippen LogP contribution in [0.1, 0.15) is 29.8 Å². The van der Waals surface area contributed by atoms with Gasteiger partial charge in [0.2, 0.25) is 5.78 Å². The lowest BCUT2D eigenvalue weighted by molar-refractivity contribution is -0.143. The first-order chi connectivity index (χ1) is 15.7. The van der Waals surface area contributed by atoms with Crippen molar-refractivity contribution >= 4 is 23.7 Å². The lowest BCUT2D eigenvalue weighted by Crippen LogP contribution is -2.46. The molecular formula is C24H25NO8. The van der Waals surface area contributed by atoms with Crippen LogP contribution in [0, 0.1) is 5.92 Å². The second-order valence-corrected chi connectivity index (χ2v) is 7.60. The third-order valence-corrected chi connectivity index (χ3v) is 4.98. The van der Waals surface area contributed by atoms with Crippen LogP contribution < -0.4 is 24.3 Å². The van der Waals surface area contributed by atoms with Gasteiger partial charge in [0.15, 0.2) is 23.9 Å². The predicted molar refractivity (Wildman–Crippen MR) is 119 cm³/mol. The summed E-state index contributed by atoms with van der Waals surface area (Å²) in [5.41, 5.74) is 0.963. The first-order valence-electron chi connectivity index (χ1n) is 10.2. The summed E-state index contributed by atoms with van der Waals surface area (Å²) in [7, 11) is 3.03. The largest absolute Gasteiger partial charge is 0.493 e. The number of hydrogen-bond acceptors (Lipinski definition) is 7. The minimum Gasteiger partial charge on any atom is -0.493 e. The lowest BCUT2D eigenvalue weighted by Gasteiger charge is -2.18. The van der Waals surface area contributed by atoms with Gasteiger partial charge in [-0.25, -0.2) is 4.79 Å². The third-order valence-electron chi connectivity index (χ3n) is 4.98. The Morgan fingerprint density at radius 1 is 1.15 bits per heavy atom. The maximum absolute atomic E-state index is 12.8. The van der Waals surface area contributed by atoms with Crippen molar-refractivity contribution in [2.75, 3.05) is 20.8 Å². The molecule has 0 aromatic heterocycles. The average molecular weight is 455 g/mol. The van der Waals surface area contributed by atoms with Gasteiger partial charge >= 0.3 is 5.97 Å². The monoisotopic (exact) mass is 455 g/mol. The number of carbonyl (C=O) groups is 3. The fourth-order valence-corrected chi connectivity index (χ4v) is 3.30. The van der Waals surface area contributed by atoms with E-state index in [9.17, 15) is 19.5 Å². The third kappa shape index (κ3) is 5.25. The molecule has 1 atom stereocenters. The van der Waals surface area contributed by atoms with Crippen LogP contribution >= 0.6 is 0 Å². The highest BCUT2D eigenvalue weighted by Crippen LogP contribution is 2.37. The number of ether oxygens (including phenoxy) is 4. The van der Waals surface area contributed by atoms with Crippen LogP contribution in [0.4, 0.5) is 0 Å². The first-order valence-corrected chi connectivity index (χ1v) is 10.2. The molecule has 1 aliphatic rings. The Labute approximate surface area is 190 Å². The number of aliphatic carboxylic acids is 1. The molecule has 9 heteroatoms. The number of rotatable bonds is 9. The summed E-state index contributed by atoms with van der Waals surface area (Å²) in [5, 5.41) is 11.6. The molecule has 0 radical (unpaired) electrons. The van der Waals surface area contributed by atoms with E-state index in [-0.39, 0.29) is 29.8 Å². The molecule has 0 saturated heterocycles. The number of allylic oxidation sites excluding steroid dienone is 1. The second-order valence-electron chi connectivity index (χ2n) is 7.60. The lowest BCUT2D eigenvalue weighted by atomic mass is 10.1. The van der Waals surface area contributed by atoms with Crippen LogP contribution in [0.3, 0.4) is 0 Å². The molecule has 0 saturated carbocycles. The van der Waals surface area contributed by atoms with Gasteiger partial charge in [-0.15, -0.1) is 0 Å². The molecule has 9 nitrogen and oxygen atoms in total. The Kier molecular flexibility index (Phi) is 7.22. The molecule has 1 unspecified atom stereocenters. The van der Waals surface area contributed by atoms with Gasteiger partial charge in [0.1, 0.15) is 17.5 Å². The van der Waals surface area contributed by atoms with Crippen molar-refractivity contribution < 1.29 is 38.4 Å². The number of methoxy groups -OCH3 is 2. The standard InChI is InChI=1S/C24H25NO8/c1-13(2)21(24(28)29)25-20(26)12-32-15-8-9-16-18(11-15)33-19(22(16)27)10-14-6-5-7-17(30-3)23(14)31-4/h5-11,13,21H,12H2,1-4H3,(H,25,26)(H,28,29). The Bertz CT molecular complexity index is 1110. The van der Waals surface area contributed by atoms with Gasteiger partial charge in [0.25, 0.3) is 5.91 Å². The minimum atomic E-state index is -1.12. The maximum atomic E-state index is 12.8. The smallest absolute Gasteiger partial charge is 0.326 e. The van der Waals surface area contributed by atoms with Gasteiger partial charge in [-0.1, -0.05) is 26.0 Å². The zero-order valence-electron chi connectivity index (χ0n) is 18.7. The van der Waals surface area contributed by atoms with Crippen LogP contribution in [0.15, 0.2) is 42.2 Å². The number of Topliss-reactive ketones (excluding diaryl/α,β-unsaturated/α-hetero) is 1. The predicted octanol–water partition coefficient (Wildman–Crippen LogP) is 2.92. The van der Waals surface area contributed by atoms with Crippen molar-refractivity contribution in [2.24, 2.45) is 5.92 Å². The van der Waals surface area contributed by atoms with E-state index in [4.69, 9.17) is 18.9 Å². The molecule has 0 fully saturated rings. The topological polar surface area (TPSA) is 120 Å². The number of carboxylic acids is 1. The quantitative estimate of drug-likeness (QED) is 0.554. The van der Waals surface area contributed by atoms with E-state index in [0.717, 1.165) is 0 Å². The molecule has 174 valence electrons. The summed E-state index contributed by atoms with van der Waals surface area (Å²) >= 11 is 0. The van der Waals surface area contributed by atoms with Gasteiger partial charge < -0.3 is 29.4 Å². The first kappa shape index (κ1) is 23.6. The number of hydrogen-bond donors (Lipinski definition) is 2. The van der Waals surface area contributed by atoms with E-state index >= 15 is 0 Å². The average Bonchev–Trinajstić information content (AvgIpc) is 3.09. The minimum absolute atomic E-state index is 0.104. The summed E-state index contributed by atoms with van der Waals surface area (Å²) in [6.45, 7) is 3.01. The van der Waals surface area contributed by atoms with Gasteiger partial charge in [0.05, 0.1) is 19.8 Å². The van der Waals surface area contributed by atoms with Crippen molar-refractivity contribution in [3.63, 3.8) is 0 Å². The number of fused-ring (bicyclic) bond motifs is 1. The molecule has 2 aromatic rings. The molecule has 2 aromatic carbocycles. The van der Waals surface area contributed by atoms with Crippen LogP contribution in [0.25, 0.3) is 6.08 Å². The van der Waals surface area contributed by atoms with Gasteiger partial charge in [-0.2, -0.15) is 0 Å². The fraction of sp³-hybridized carbons (Fsp3) is 0.292. The summed E-state index contributed by atoms with van der Waals surface area (Å²) < 4.78 is 21.9. The van der Waals surface area contributed by atoms with E-state index in [1.54, 1.807) is 50.3 Å². The highest BCUT2D eigenvalue weighted by molar-refractivity contribution is 6.14. The molecule has 3 rings (SSSR count). The van der Waals surface area contributed by atoms with E-state index in [1.165, 1.54) is 20.3 Å². The SMILES string of the molecule is COc1cccc(C=C2Oc3cc(OCC(=O)NC(C(=O)O)C(C)C)ccc3C2=O)c1OC. The van der Waals surface area contributed by atoms with Gasteiger partial charge in [0, 0.05) is 11.6 Å². The number of benzene rings is 2. The van der Waals surface area contributed by atoms with E-state index in [0.29, 0.717) is 28.4 Å². The molecule has 33 heavy (non-hydrogen) atoms. The number of carbonyl (C=O) groups excluding carboxylic acids is 2. The van der Waals surface area contributed by atoms with Crippen LogP contribution in [0.5, 0.6) is 23.0 Å². The van der Waals surface area contributed by atoms with Crippen LogP contribution in [0.2, 0.25) is 0 Å². The molecule has 2 N–H and O–H groups in total. The summed E-state index contributed by atoms with van der Waals surface area (Å²) in [4.78, 5) is 36.1. The van der Waals surface area contributed by atoms with E-state index in [1.807, 2.05) is 0 Å². The highest BCUT2D eigenvalue weighted by Gasteiger charge is 2.29. The normalized spacial score (nSPS) is 14.5. The molecule has 0 aliphatic carbocycles. The fourth-order valence-electron chi connectivity index (χ4n) is 3.30. The number of para-hydroxylation sites is 1. The van der Waals surface area contributed by atoms with E-state index in [2.05, 4.69) is 5.32 Å². The van der Waals surface area contributed by atoms with E-state index < -0.39 is 17.9 Å². The maximum Gasteiger partial charge on any atom is 0.326 e. The molecule has 1 heterocycles. The molecule has 1 amide bonds. The van der Waals surface area contributed by atoms with Gasteiger partial charge in [-0.05, 0) is 30.2 Å². The zero-order chi connectivity index (χ0) is 24.1. The molecular weight excluding hydrogens is 430 g/mol. The zero-order valence-corrected chi connectivity index (χ0v) is 18.7. The van der Waals surface area contributed by atoms with Crippen molar-refractivity contribution in [1.82, 2.24) is 5.32 Å². The van der Waals surface area contributed by atoms with Crippen molar-refractivity contribution in [3.8, 4) is 23.0 Å². The Balaban J connectivity index is 1.72. The van der Waals surface area contributed by atoms with Crippen molar-refractivity contribution in [3.05, 3.63) is 53.3 Å². The van der Waals surface area contributed by atoms with Crippen molar-refractivity contribution in [2.45, 2.75) is 19.9 Å². The number of carboxylic acid groups (broad SMARTS) is 1. The molecule has 1 aliphatic heterocycles. The summed E-state index contributed by atoms with van der Waals surface area (Å²) in [6, 6.07) is 8.85. The summed E-state index contributed by atoms with van der Waals surface area (Å²) in [5.74, 6) is -0.589. The second kappa shape index (κ2) is 10.1. The number of amides is 1. The van der Waals surface area contributed by atoms with Gasteiger partial charge in [-0.3, -0.25) is 9.59 Å². The van der Waals surface area contributed by atoms with Crippen LogP contribution in [-0.4, -0.2) is 49.6 Å². The van der Waals surface area contributed by atoms with Crippen molar-refractivity contribution in [1.29, 1.82) is 0 Å². The number of ketones is 1. The molecule has 0 spiro atoms. The Morgan fingerprint density at radius 2 is 1.91 bits per heavy atom.